The fourth-order valence-corrected chi connectivity index (χ4v) is 1.87. The van der Waals surface area contributed by atoms with Crippen molar-refractivity contribution < 1.29 is 9.53 Å². The highest BCUT2D eigenvalue weighted by Gasteiger charge is 2.54. The van der Waals surface area contributed by atoms with Gasteiger partial charge in [0.1, 0.15) is 5.60 Å². The second-order valence-corrected chi connectivity index (χ2v) is 4.72. The van der Waals surface area contributed by atoms with Crippen LogP contribution in [0.5, 0.6) is 0 Å². The van der Waals surface area contributed by atoms with Crippen molar-refractivity contribution in [1.29, 1.82) is 0 Å². The Balaban J connectivity index is 0.000000182. The topological polar surface area (TPSA) is 51.5 Å². The van der Waals surface area contributed by atoms with E-state index in [1.54, 1.807) is 24.2 Å². The van der Waals surface area contributed by atoms with E-state index in [1.807, 2.05) is 27.0 Å². The molecule has 1 saturated carbocycles. The molecule has 1 aromatic rings. The number of ether oxygens (including phenoxy) is 1. The van der Waals surface area contributed by atoms with Crippen LogP contribution in [-0.4, -0.2) is 41.2 Å². The molecule has 1 spiro atoms. The second kappa shape index (κ2) is 7.24. The maximum Gasteiger partial charge on any atom is 0.254 e. The lowest BCUT2D eigenvalue weighted by Gasteiger charge is -2.29. The van der Waals surface area contributed by atoms with E-state index in [9.17, 15) is 9.59 Å². The highest BCUT2D eigenvalue weighted by Crippen LogP contribution is 2.42. The van der Waals surface area contributed by atoms with Crippen LogP contribution >= 0.6 is 0 Å². The predicted molar refractivity (Wildman–Crippen MR) is 78.6 cm³/mol. The van der Waals surface area contributed by atoms with Crippen molar-refractivity contribution in [2.75, 3.05) is 20.2 Å². The van der Waals surface area contributed by atoms with Gasteiger partial charge < -0.3 is 14.2 Å². The molecule has 0 bridgehead atoms. The van der Waals surface area contributed by atoms with Crippen molar-refractivity contribution in [3.05, 3.63) is 34.7 Å². The summed E-state index contributed by atoms with van der Waals surface area (Å²) in [6, 6.07) is 5.07. The number of nitrogens with zero attached hydrogens (tertiary/aromatic N) is 2. The zero-order chi connectivity index (χ0) is 15.2. The third-order valence-electron chi connectivity index (χ3n) is 3.25. The number of likely N-dealkylation sites (N-methyl/N-ethyl adjacent to an activating group) is 1. The van der Waals surface area contributed by atoms with Crippen LogP contribution in [0.2, 0.25) is 0 Å². The number of carbonyl (C=O) groups excluding carboxylic acids is 1. The van der Waals surface area contributed by atoms with E-state index >= 15 is 0 Å². The number of aromatic nitrogens is 1. The Morgan fingerprint density at radius 1 is 1.15 bits per heavy atom. The number of aryl methyl sites for hydroxylation is 1. The largest absolute Gasteiger partial charge is 0.363 e. The Kier molecular flexibility index (Phi) is 5.95. The molecule has 2 aliphatic rings. The minimum absolute atomic E-state index is 0.0347. The van der Waals surface area contributed by atoms with Crippen molar-refractivity contribution >= 4 is 5.91 Å². The quantitative estimate of drug-likeness (QED) is 0.722. The summed E-state index contributed by atoms with van der Waals surface area (Å²) in [5, 5.41) is 0. The van der Waals surface area contributed by atoms with Gasteiger partial charge in [0.25, 0.3) is 5.91 Å². The fraction of sp³-hybridized carbons (Fsp3) is 0.600. The lowest BCUT2D eigenvalue weighted by molar-refractivity contribution is -0.154. The minimum Gasteiger partial charge on any atom is -0.363 e. The van der Waals surface area contributed by atoms with Crippen LogP contribution in [0.25, 0.3) is 0 Å². The number of pyridine rings is 1. The van der Waals surface area contributed by atoms with Gasteiger partial charge in [0.05, 0.1) is 6.61 Å². The summed E-state index contributed by atoms with van der Waals surface area (Å²) in [5.41, 5.74) is -0.319. The molecule has 1 saturated heterocycles. The molecule has 1 aliphatic carbocycles. The van der Waals surface area contributed by atoms with Crippen LogP contribution in [0, 0.1) is 0 Å². The summed E-state index contributed by atoms with van der Waals surface area (Å²) in [6.07, 6.45) is 3.58. The van der Waals surface area contributed by atoms with Gasteiger partial charge in [0, 0.05) is 32.9 Å². The average Bonchev–Trinajstić information content (AvgIpc) is 3.23. The maximum atomic E-state index is 11.3. The van der Waals surface area contributed by atoms with Crippen LogP contribution < -0.4 is 5.56 Å². The molecule has 2 fully saturated rings. The van der Waals surface area contributed by atoms with Crippen molar-refractivity contribution in [1.82, 2.24) is 9.47 Å². The molecule has 1 aliphatic heterocycles. The summed E-state index contributed by atoms with van der Waals surface area (Å²) in [6.45, 7) is 5.46. The highest BCUT2D eigenvalue weighted by atomic mass is 16.5. The number of amides is 1. The van der Waals surface area contributed by atoms with E-state index in [2.05, 4.69) is 0 Å². The first-order chi connectivity index (χ1) is 9.55. The highest BCUT2D eigenvalue weighted by molar-refractivity contribution is 5.88. The summed E-state index contributed by atoms with van der Waals surface area (Å²) in [5.74, 6) is 0.179. The molecular formula is C15H24N2O3. The number of morpholine rings is 1. The molecule has 0 unspecified atom stereocenters. The summed E-state index contributed by atoms with van der Waals surface area (Å²) < 4.78 is 6.90. The molecule has 5 heteroatoms. The van der Waals surface area contributed by atoms with Gasteiger partial charge in [-0.3, -0.25) is 9.59 Å². The van der Waals surface area contributed by atoms with Crippen molar-refractivity contribution in [3.63, 3.8) is 0 Å². The summed E-state index contributed by atoms with van der Waals surface area (Å²) in [7, 11) is 3.56. The Morgan fingerprint density at radius 2 is 1.80 bits per heavy atom. The molecule has 0 radical (unpaired) electrons. The van der Waals surface area contributed by atoms with Gasteiger partial charge in [-0.1, -0.05) is 19.9 Å². The maximum absolute atomic E-state index is 11.3. The van der Waals surface area contributed by atoms with E-state index in [0.29, 0.717) is 6.61 Å². The molecule has 5 nitrogen and oxygen atoms in total. The third kappa shape index (κ3) is 3.93. The number of hydrogen-bond acceptors (Lipinski definition) is 3. The minimum atomic E-state index is -0.354. The standard InChI is InChI=1S/C7H11NO2.C6H7NO.C2H6/c1-8-4-5-10-7(2-3-7)6(8)9;1-7-5-3-2-4-6(7)8;1-2/h2-5H2,1H3;2-5H,1H3;1-2H3. The molecule has 0 atom stereocenters. The Morgan fingerprint density at radius 3 is 2.20 bits per heavy atom. The van der Waals surface area contributed by atoms with E-state index in [-0.39, 0.29) is 17.1 Å². The van der Waals surface area contributed by atoms with Crippen LogP contribution in [0.1, 0.15) is 26.7 Å². The average molecular weight is 280 g/mol. The SMILES string of the molecule is CC.CN1CCOC2(CC2)C1=O.Cn1ccccc1=O. The van der Waals surface area contributed by atoms with Gasteiger partial charge in [0.15, 0.2) is 0 Å². The second-order valence-electron chi connectivity index (χ2n) is 4.72. The summed E-state index contributed by atoms with van der Waals surface area (Å²) in [4.78, 5) is 23.7. The fourth-order valence-electron chi connectivity index (χ4n) is 1.87. The molecule has 0 aromatic carbocycles. The lowest BCUT2D eigenvalue weighted by atomic mass is 10.2. The monoisotopic (exact) mass is 280 g/mol. The Bertz CT molecular complexity index is 492. The van der Waals surface area contributed by atoms with E-state index in [4.69, 9.17) is 4.74 Å². The molecule has 1 amide bonds. The van der Waals surface area contributed by atoms with Gasteiger partial charge in [-0.25, -0.2) is 0 Å². The van der Waals surface area contributed by atoms with Crippen LogP contribution in [0.4, 0.5) is 0 Å². The van der Waals surface area contributed by atoms with Crippen molar-refractivity contribution in [2.45, 2.75) is 32.3 Å². The first kappa shape index (κ1) is 16.4. The molecule has 2 heterocycles. The zero-order valence-corrected chi connectivity index (χ0v) is 12.8. The summed E-state index contributed by atoms with van der Waals surface area (Å²) >= 11 is 0. The Labute approximate surface area is 120 Å². The predicted octanol–water partition coefficient (Wildman–Crippen LogP) is 1.42. The van der Waals surface area contributed by atoms with Crippen LogP contribution in [0.15, 0.2) is 29.2 Å². The Hall–Kier alpha value is -1.62. The molecule has 112 valence electrons. The molecule has 20 heavy (non-hydrogen) atoms. The van der Waals surface area contributed by atoms with Crippen molar-refractivity contribution in [3.8, 4) is 0 Å². The lowest BCUT2D eigenvalue weighted by Crippen LogP contribution is -2.47. The van der Waals surface area contributed by atoms with Gasteiger partial charge in [-0.15, -0.1) is 0 Å². The molecule has 0 N–H and O–H groups in total. The number of rotatable bonds is 0. The van der Waals surface area contributed by atoms with Gasteiger partial charge >= 0.3 is 0 Å². The third-order valence-corrected chi connectivity index (χ3v) is 3.25. The van der Waals surface area contributed by atoms with Gasteiger partial charge in [-0.05, 0) is 18.9 Å². The van der Waals surface area contributed by atoms with E-state index in [1.165, 1.54) is 10.6 Å². The van der Waals surface area contributed by atoms with E-state index in [0.717, 1.165) is 19.4 Å². The van der Waals surface area contributed by atoms with Gasteiger partial charge in [0.2, 0.25) is 5.56 Å². The molecule has 3 rings (SSSR count). The van der Waals surface area contributed by atoms with Gasteiger partial charge in [-0.2, -0.15) is 0 Å². The first-order valence-corrected chi connectivity index (χ1v) is 7.06. The number of hydrogen-bond donors (Lipinski definition) is 0. The zero-order valence-electron chi connectivity index (χ0n) is 12.8. The van der Waals surface area contributed by atoms with Crippen molar-refractivity contribution in [2.24, 2.45) is 7.05 Å². The van der Waals surface area contributed by atoms with E-state index < -0.39 is 0 Å². The molecule has 1 aromatic heterocycles. The molecular weight excluding hydrogens is 256 g/mol. The van der Waals surface area contributed by atoms with Crippen LogP contribution in [-0.2, 0) is 16.6 Å². The smallest absolute Gasteiger partial charge is 0.254 e. The van der Waals surface area contributed by atoms with Crippen LogP contribution in [0.3, 0.4) is 0 Å². The first-order valence-electron chi connectivity index (χ1n) is 7.06. The normalized spacial score (nSPS) is 18.6. The number of carbonyl (C=O) groups is 1.